The Kier molecular flexibility index (Phi) is 11.3. The molecule has 7 N–H and O–H groups in total. The van der Waals surface area contributed by atoms with Gasteiger partial charge < -0.3 is 36.0 Å². The number of carbonyl (C=O) groups excluding carboxylic acids is 1. The van der Waals surface area contributed by atoms with Crippen molar-refractivity contribution in [2.24, 2.45) is 15.8 Å². The molecule has 1 fully saturated rings. The maximum Gasteiger partial charge on any atom is 0.255 e. The number of guanidine groups is 1. The summed E-state index contributed by atoms with van der Waals surface area (Å²) in [6.07, 6.45) is 6.17. The molecule has 1 aliphatic rings. The third kappa shape index (κ3) is 8.51. The first kappa shape index (κ1) is 30.9. The van der Waals surface area contributed by atoms with Crippen LogP contribution in [0.25, 0.3) is 10.9 Å². The van der Waals surface area contributed by atoms with E-state index < -0.39 is 0 Å². The van der Waals surface area contributed by atoms with Crippen molar-refractivity contribution >= 4 is 46.3 Å². The molecule has 0 aliphatic carbocycles. The van der Waals surface area contributed by atoms with Gasteiger partial charge in [0.2, 0.25) is 5.96 Å². The molecule has 0 saturated carbocycles. The number of unbranched alkanes of at least 4 members (excludes halogenated alkanes) is 1. The van der Waals surface area contributed by atoms with Crippen molar-refractivity contribution < 1.29 is 19.0 Å². The highest BCUT2D eigenvalue weighted by Gasteiger charge is 2.21. The fourth-order valence-electron chi connectivity index (χ4n) is 4.55. The third-order valence-corrected chi connectivity index (χ3v) is 7.19. The van der Waals surface area contributed by atoms with Gasteiger partial charge in [-0.05, 0) is 50.5 Å². The summed E-state index contributed by atoms with van der Waals surface area (Å²) < 4.78 is 16.8. The number of aliphatic imine (C=N–C) groups is 1. The van der Waals surface area contributed by atoms with Gasteiger partial charge in [-0.2, -0.15) is 5.10 Å². The normalized spacial score (nSPS) is 16.2. The summed E-state index contributed by atoms with van der Waals surface area (Å²) in [5.41, 5.74) is 17.2. The molecule has 0 bridgehead atoms. The Labute approximate surface area is 250 Å². The van der Waals surface area contributed by atoms with Crippen LogP contribution in [0.1, 0.15) is 42.1 Å². The summed E-state index contributed by atoms with van der Waals surface area (Å²) in [5, 5.41) is 8.45. The molecule has 13 heteroatoms. The van der Waals surface area contributed by atoms with Crippen LogP contribution < -0.4 is 31.7 Å². The zero-order valence-electron chi connectivity index (χ0n) is 24.0. The molecule has 1 unspecified atom stereocenters. The number of hydrogen-bond donors (Lipinski definition) is 5. The molecule has 42 heavy (non-hydrogen) atoms. The lowest BCUT2D eigenvalue weighted by atomic mass is 10.1. The first-order valence-electron chi connectivity index (χ1n) is 14.0. The first-order chi connectivity index (χ1) is 20.4. The number of hydrazone groups is 1. The number of methoxy groups -OCH3 is 1. The van der Waals surface area contributed by atoms with Crippen LogP contribution in [0, 0.1) is 0 Å². The van der Waals surface area contributed by atoms with Gasteiger partial charge in [0, 0.05) is 54.9 Å². The van der Waals surface area contributed by atoms with Crippen LogP contribution in [0.4, 0.5) is 5.69 Å². The first-order valence-corrected chi connectivity index (χ1v) is 14.3. The Morgan fingerprint density at radius 2 is 2.17 bits per heavy atom. The minimum absolute atomic E-state index is 0.0627. The summed E-state index contributed by atoms with van der Waals surface area (Å²) in [6.45, 7) is 5.55. The fraction of sp³-hybridized carbons (Fsp3) is 0.414. The highest BCUT2D eigenvalue weighted by atomic mass is 35.5. The van der Waals surface area contributed by atoms with Gasteiger partial charge in [0.05, 0.1) is 49.0 Å². The van der Waals surface area contributed by atoms with E-state index in [-0.39, 0.29) is 18.0 Å². The quantitative estimate of drug-likeness (QED) is 0.0657. The number of aromatic amines is 1. The molecule has 0 spiro atoms. The van der Waals surface area contributed by atoms with Gasteiger partial charge in [0.1, 0.15) is 11.5 Å². The minimum Gasteiger partial charge on any atom is -0.497 e. The molecular weight excluding hydrogens is 560 g/mol. The van der Waals surface area contributed by atoms with Gasteiger partial charge in [-0.3, -0.25) is 14.7 Å². The SMILES string of the molecule is CCOc1cc(N)c(Cl)cc1C(=O)NCC1CCN(CCCCN=C(N)N/N=C/c2c[nH]c3ccc(OC)cc23)CO1. The van der Waals surface area contributed by atoms with E-state index in [2.05, 4.69) is 30.7 Å². The summed E-state index contributed by atoms with van der Waals surface area (Å²) in [5.74, 6) is 1.19. The molecule has 226 valence electrons. The number of rotatable bonds is 13. The number of anilines is 1. The van der Waals surface area contributed by atoms with E-state index in [0.29, 0.717) is 48.5 Å². The average molecular weight is 599 g/mol. The lowest BCUT2D eigenvalue weighted by molar-refractivity contribution is -0.0661. The van der Waals surface area contributed by atoms with Crippen molar-refractivity contribution in [3.63, 3.8) is 0 Å². The van der Waals surface area contributed by atoms with E-state index in [9.17, 15) is 4.79 Å². The maximum absolute atomic E-state index is 12.7. The number of H-pyrrole nitrogens is 1. The Morgan fingerprint density at radius 1 is 1.31 bits per heavy atom. The standard InChI is InChI=1S/C29H39ClN8O4/c1-3-41-27-14-25(31)24(30)13-23(27)28(39)35-17-21-8-11-38(18-42-21)10-5-4-9-33-29(32)37-36-16-19-15-34-26-7-6-20(40-2)12-22(19)26/h6-7,12-16,21,34H,3-5,8-11,17-18,31H2,1-2H3,(H,35,39)(H3,32,33,37)/b36-16+. The van der Waals surface area contributed by atoms with Crippen molar-refractivity contribution in [3.8, 4) is 11.5 Å². The molecule has 2 heterocycles. The molecule has 0 radical (unpaired) electrons. The van der Waals surface area contributed by atoms with E-state index in [4.69, 9.17) is 37.3 Å². The van der Waals surface area contributed by atoms with Crippen LogP contribution in [-0.2, 0) is 4.74 Å². The zero-order valence-corrected chi connectivity index (χ0v) is 24.7. The Bertz CT molecular complexity index is 1400. The fourth-order valence-corrected chi connectivity index (χ4v) is 4.71. The van der Waals surface area contributed by atoms with Crippen molar-refractivity contribution in [2.45, 2.75) is 32.3 Å². The Balaban J connectivity index is 1.11. The number of nitrogen functional groups attached to an aromatic ring is 1. The Hall–Kier alpha value is -4.00. The second-order valence-electron chi connectivity index (χ2n) is 9.84. The summed E-state index contributed by atoms with van der Waals surface area (Å²) in [7, 11) is 1.64. The number of amides is 1. The predicted octanol–water partition coefficient (Wildman–Crippen LogP) is 3.31. The van der Waals surface area contributed by atoms with E-state index >= 15 is 0 Å². The molecule has 1 aromatic heterocycles. The second kappa shape index (κ2) is 15.3. The van der Waals surface area contributed by atoms with Gasteiger partial charge in [0.25, 0.3) is 5.91 Å². The number of aromatic nitrogens is 1. The van der Waals surface area contributed by atoms with E-state index in [0.717, 1.165) is 54.6 Å². The molecule has 1 saturated heterocycles. The molecule has 4 rings (SSSR count). The average Bonchev–Trinajstić information content (AvgIpc) is 3.40. The number of carbonyl (C=O) groups is 1. The molecule has 2 aromatic carbocycles. The number of hydrogen-bond acceptors (Lipinski definition) is 8. The highest BCUT2D eigenvalue weighted by molar-refractivity contribution is 6.33. The number of nitrogens with two attached hydrogens (primary N) is 2. The topological polar surface area (TPSA) is 165 Å². The largest absolute Gasteiger partial charge is 0.497 e. The van der Waals surface area contributed by atoms with Gasteiger partial charge in [-0.1, -0.05) is 11.6 Å². The van der Waals surface area contributed by atoms with E-state index in [1.165, 1.54) is 6.07 Å². The second-order valence-corrected chi connectivity index (χ2v) is 10.2. The van der Waals surface area contributed by atoms with E-state index in [1.54, 1.807) is 19.4 Å². The summed E-state index contributed by atoms with van der Waals surface area (Å²) in [4.78, 5) is 22.5. The number of nitrogens with zero attached hydrogens (tertiary/aromatic N) is 3. The number of benzene rings is 2. The predicted molar refractivity (Wildman–Crippen MR) is 167 cm³/mol. The number of fused-ring (bicyclic) bond motifs is 1. The van der Waals surface area contributed by atoms with Gasteiger partial charge in [-0.15, -0.1) is 0 Å². The van der Waals surface area contributed by atoms with E-state index in [1.807, 2.05) is 31.3 Å². The van der Waals surface area contributed by atoms with Crippen LogP contribution in [0.3, 0.4) is 0 Å². The molecular formula is C29H39ClN8O4. The molecule has 1 amide bonds. The van der Waals surface area contributed by atoms with Gasteiger partial charge in [0.15, 0.2) is 0 Å². The van der Waals surface area contributed by atoms with Gasteiger partial charge in [-0.25, -0.2) is 5.43 Å². The number of halogens is 1. The lowest BCUT2D eigenvalue weighted by Crippen LogP contribution is -2.43. The van der Waals surface area contributed by atoms with Crippen LogP contribution in [-0.4, -0.2) is 80.7 Å². The minimum atomic E-state index is -0.273. The summed E-state index contributed by atoms with van der Waals surface area (Å²) >= 11 is 6.12. The van der Waals surface area contributed by atoms with Crippen molar-refractivity contribution in [1.82, 2.24) is 20.6 Å². The zero-order chi connectivity index (χ0) is 29.9. The van der Waals surface area contributed by atoms with Crippen molar-refractivity contribution in [3.05, 3.63) is 52.7 Å². The third-order valence-electron chi connectivity index (χ3n) is 6.86. The monoisotopic (exact) mass is 598 g/mol. The number of nitrogens with one attached hydrogen (secondary N) is 3. The number of ether oxygens (including phenoxy) is 3. The smallest absolute Gasteiger partial charge is 0.255 e. The molecule has 3 aromatic rings. The molecule has 1 atom stereocenters. The maximum atomic E-state index is 12.7. The van der Waals surface area contributed by atoms with Crippen LogP contribution >= 0.6 is 11.6 Å². The molecule has 12 nitrogen and oxygen atoms in total. The van der Waals surface area contributed by atoms with Crippen LogP contribution in [0.15, 0.2) is 46.6 Å². The molecule has 1 aliphatic heterocycles. The van der Waals surface area contributed by atoms with Crippen LogP contribution in [0.5, 0.6) is 11.5 Å². The Morgan fingerprint density at radius 3 is 2.93 bits per heavy atom. The van der Waals surface area contributed by atoms with Crippen molar-refractivity contribution in [2.75, 3.05) is 52.4 Å². The highest BCUT2D eigenvalue weighted by Crippen LogP contribution is 2.29. The van der Waals surface area contributed by atoms with Crippen molar-refractivity contribution in [1.29, 1.82) is 0 Å². The van der Waals surface area contributed by atoms with Gasteiger partial charge >= 0.3 is 0 Å². The van der Waals surface area contributed by atoms with Crippen LogP contribution in [0.2, 0.25) is 5.02 Å². The lowest BCUT2D eigenvalue weighted by Gasteiger charge is -2.32. The summed E-state index contributed by atoms with van der Waals surface area (Å²) in [6, 6.07) is 8.92.